The molecule has 0 bridgehead atoms. The summed E-state index contributed by atoms with van der Waals surface area (Å²) in [5, 5.41) is 104. The molecule has 15 atom stereocenters. The Morgan fingerprint density at radius 3 is 2.05 bits per heavy atom. The van der Waals surface area contributed by atoms with E-state index in [4.69, 9.17) is 42.6 Å². The van der Waals surface area contributed by atoms with Gasteiger partial charge in [0.2, 0.25) is 0 Å². The van der Waals surface area contributed by atoms with Crippen LogP contribution in [0, 0.1) is 0 Å². The molecule has 20 heteroatoms. The predicted molar refractivity (Wildman–Crippen MR) is 190 cm³/mol. The highest BCUT2D eigenvalue weighted by atomic mass is 16.8. The van der Waals surface area contributed by atoms with Gasteiger partial charge in [-0.05, 0) is 54.8 Å². The normalized spacial score (nSPS) is 35.9. The van der Waals surface area contributed by atoms with Crippen LogP contribution >= 0.6 is 0 Å². The largest absolute Gasteiger partial charge is 0.504 e. The quantitative estimate of drug-likeness (QED) is 0.0652. The van der Waals surface area contributed by atoms with Crippen LogP contribution in [0.3, 0.4) is 0 Å². The zero-order chi connectivity index (χ0) is 41.6. The maximum atomic E-state index is 13.4. The molecule has 3 saturated heterocycles. The monoisotopic (exact) mass is 814 g/mol. The van der Waals surface area contributed by atoms with Crippen molar-refractivity contribution in [3.63, 3.8) is 0 Å². The van der Waals surface area contributed by atoms with Gasteiger partial charge in [0, 0.05) is 6.08 Å². The van der Waals surface area contributed by atoms with E-state index in [1.165, 1.54) is 51.5 Å². The summed E-state index contributed by atoms with van der Waals surface area (Å²) in [6.07, 6.45) is -22.0. The predicted octanol–water partition coefficient (Wildman–Crippen LogP) is -2.59. The molecule has 3 fully saturated rings. The van der Waals surface area contributed by atoms with Gasteiger partial charge < -0.3 is 93.7 Å². The first-order valence-electron chi connectivity index (χ1n) is 18.0. The topological polar surface area (TPSA) is 302 Å². The molecule has 5 rings (SSSR count). The van der Waals surface area contributed by atoms with Crippen molar-refractivity contribution in [1.82, 2.24) is 0 Å². The average Bonchev–Trinajstić information content (AvgIpc) is 3.20. The summed E-state index contributed by atoms with van der Waals surface area (Å²) >= 11 is 0. The zero-order valence-electron chi connectivity index (χ0n) is 31.2. The van der Waals surface area contributed by atoms with Crippen LogP contribution in [0.1, 0.15) is 18.1 Å². The highest BCUT2D eigenvalue weighted by Gasteiger charge is 2.53. The maximum absolute atomic E-state index is 13.4. The molecule has 0 radical (unpaired) electrons. The number of hydrogen-bond acceptors (Lipinski definition) is 20. The fourth-order valence-corrected chi connectivity index (χ4v) is 6.46. The smallest absolute Gasteiger partial charge is 0.331 e. The summed E-state index contributed by atoms with van der Waals surface area (Å²) in [6, 6.07) is 8.92. The average molecular weight is 815 g/mol. The Morgan fingerprint density at radius 2 is 1.37 bits per heavy atom. The minimum absolute atomic E-state index is 0.121. The Labute approximate surface area is 326 Å². The van der Waals surface area contributed by atoms with E-state index in [0.29, 0.717) is 11.1 Å². The van der Waals surface area contributed by atoms with Crippen LogP contribution in [0.5, 0.6) is 23.0 Å². The van der Waals surface area contributed by atoms with E-state index in [0.717, 1.165) is 6.08 Å². The fourth-order valence-electron chi connectivity index (χ4n) is 6.46. The molecule has 10 N–H and O–H groups in total. The van der Waals surface area contributed by atoms with E-state index in [1.54, 1.807) is 12.1 Å². The number of aliphatic hydroxyl groups excluding tert-OH is 8. The molecule has 20 nitrogen and oxygen atoms in total. The van der Waals surface area contributed by atoms with E-state index in [1.807, 2.05) is 0 Å². The van der Waals surface area contributed by atoms with Gasteiger partial charge in [-0.3, -0.25) is 0 Å². The first-order valence-corrected chi connectivity index (χ1v) is 18.0. The number of ether oxygens (including phenoxy) is 9. The molecule has 3 heterocycles. The number of esters is 1. The summed E-state index contributed by atoms with van der Waals surface area (Å²) in [5.41, 5.74) is 1.02. The molecule has 0 aromatic heterocycles. The molecule has 0 amide bonds. The van der Waals surface area contributed by atoms with Crippen LogP contribution in [0.4, 0.5) is 0 Å². The van der Waals surface area contributed by atoms with Crippen molar-refractivity contribution >= 4 is 12.0 Å². The summed E-state index contributed by atoms with van der Waals surface area (Å²) < 4.78 is 50.8. The van der Waals surface area contributed by atoms with Gasteiger partial charge in [-0.1, -0.05) is 12.1 Å². The number of carbonyl (C=O) groups excluding carboxylic acids is 1. The summed E-state index contributed by atoms with van der Waals surface area (Å²) in [6.45, 7) is -0.132. The first-order chi connectivity index (χ1) is 27.2. The maximum Gasteiger partial charge on any atom is 0.331 e. The first kappa shape index (κ1) is 44.4. The highest BCUT2D eigenvalue weighted by molar-refractivity contribution is 5.87. The Balaban J connectivity index is 1.44. The molecule has 0 unspecified atom stereocenters. The second-order valence-corrected chi connectivity index (χ2v) is 13.6. The van der Waals surface area contributed by atoms with Gasteiger partial charge >= 0.3 is 5.97 Å². The second-order valence-electron chi connectivity index (χ2n) is 13.6. The Kier molecular flexibility index (Phi) is 15.4. The van der Waals surface area contributed by atoms with Gasteiger partial charge in [-0.2, -0.15) is 0 Å². The van der Waals surface area contributed by atoms with Crippen molar-refractivity contribution in [1.29, 1.82) is 0 Å². The Hall–Kier alpha value is -3.71. The number of benzene rings is 2. The van der Waals surface area contributed by atoms with Gasteiger partial charge in [0.1, 0.15) is 61.0 Å². The molecular formula is C37H50O20. The molecule has 3 aliphatic rings. The van der Waals surface area contributed by atoms with E-state index < -0.39 is 111 Å². The zero-order valence-corrected chi connectivity index (χ0v) is 31.2. The summed E-state index contributed by atoms with van der Waals surface area (Å²) in [7, 11) is 2.73. The minimum atomic E-state index is -1.86. The highest BCUT2D eigenvalue weighted by Crippen LogP contribution is 2.33. The van der Waals surface area contributed by atoms with E-state index in [-0.39, 0.29) is 36.0 Å². The number of aromatic hydroxyl groups is 2. The van der Waals surface area contributed by atoms with Gasteiger partial charge in [0.05, 0.1) is 40.1 Å². The van der Waals surface area contributed by atoms with Gasteiger partial charge in [-0.15, -0.1) is 0 Å². The summed E-state index contributed by atoms with van der Waals surface area (Å²) in [4.78, 5) is 13.4. The molecule has 0 spiro atoms. The van der Waals surface area contributed by atoms with Crippen LogP contribution in [0.25, 0.3) is 6.08 Å². The van der Waals surface area contributed by atoms with Crippen molar-refractivity contribution in [2.24, 2.45) is 0 Å². The number of phenols is 2. The number of phenolic OH excluding ortho intramolecular Hbond substituents is 2. The fraction of sp³-hybridized carbons (Fsp3) is 0.595. The van der Waals surface area contributed by atoms with Crippen LogP contribution in [0.15, 0.2) is 42.5 Å². The lowest BCUT2D eigenvalue weighted by atomic mass is 9.96. The molecular weight excluding hydrogens is 764 g/mol. The van der Waals surface area contributed by atoms with Crippen molar-refractivity contribution in [2.75, 3.05) is 34.0 Å². The van der Waals surface area contributed by atoms with E-state index >= 15 is 0 Å². The molecule has 57 heavy (non-hydrogen) atoms. The van der Waals surface area contributed by atoms with Crippen LogP contribution in [-0.2, 0) is 44.4 Å². The molecule has 0 saturated carbocycles. The third-order valence-corrected chi connectivity index (χ3v) is 9.77. The standard InChI is InChI=1S/C37H50O20/c1-16-26(42)28(44)31(47)37(53-16)57-34-32(48)36(51-11-10-18-5-8-21(49-2)20(40)12-18)55-24(15-52-35-30(46)29(45)27(43)23(14-38)54-35)33(34)56-25(41)9-6-17-4-7-19(39)22(13-17)50-3/h4-9,12-13,16,23-24,26-40,42-48H,10-11,14-15H2,1-3H3/b9-6+/t16-,23+,24+,26-,27+,28+,29-,30+,31+,32+,33+,34+,35+,36+,37-/m0/s1. The summed E-state index contributed by atoms with van der Waals surface area (Å²) in [5.74, 6) is -0.938. The van der Waals surface area contributed by atoms with E-state index in [2.05, 4.69) is 0 Å². The van der Waals surface area contributed by atoms with Crippen LogP contribution < -0.4 is 9.47 Å². The number of rotatable bonds is 15. The van der Waals surface area contributed by atoms with Gasteiger partial charge in [-0.25, -0.2) is 4.79 Å². The molecule has 0 aliphatic carbocycles. The number of carbonyl (C=O) groups is 1. The number of hydrogen-bond donors (Lipinski definition) is 10. The lowest BCUT2D eigenvalue weighted by Gasteiger charge is -2.47. The van der Waals surface area contributed by atoms with Crippen LogP contribution in [0.2, 0.25) is 0 Å². The second kappa shape index (κ2) is 19.8. The Morgan fingerprint density at radius 1 is 0.702 bits per heavy atom. The number of methoxy groups -OCH3 is 2. The lowest BCUT2D eigenvalue weighted by Crippen LogP contribution is -2.65. The Bertz CT molecular complexity index is 1640. The third kappa shape index (κ3) is 10.5. The molecule has 3 aliphatic heterocycles. The van der Waals surface area contributed by atoms with Gasteiger partial charge in [0.25, 0.3) is 0 Å². The van der Waals surface area contributed by atoms with Crippen LogP contribution in [-0.4, -0.2) is 183 Å². The van der Waals surface area contributed by atoms with E-state index in [9.17, 15) is 55.9 Å². The van der Waals surface area contributed by atoms with Crippen molar-refractivity contribution in [3.8, 4) is 23.0 Å². The molecule has 318 valence electrons. The van der Waals surface area contributed by atoms with Crippen molar-refractivity contribution < 1.29 is 98.5 Å². The molecule has 2 aromatic carbocycles. The molecule has 2 aromatic rings. The van der Waals surface area contributed by atoms with Crippen molar-refractivity contribution in [3.05, 3.63) is 53.6 Å². The third-order valence-electron chi connectivity index (χ3n) is 9.77. The minimum Gasteiger partial charge on any atom is -0.504 e. The SMILES string of the molecule is COc1ccc(CCO[C@@H]2O[C@H](CO[C@@H]3O[C@H](CO)[C@@H](O)[C@H](O)[C@H]3O)[C@@H](OC(=O)/C=C/c3ccc(O)c(OC)c3)[C@H](O[C@@H]3O[C@@H](C)[C@H](O)[C@@H](O)[C@H]3O)[C@H]2O)cc1O. The van der Waals surface area contributed by atoms with Crippen molar-refractivity contribution in [2.45, 2.75) is 105 Å². The number of aliphatic hydroxyl groups is 8. The lowest BCUT2D eigenvalue weighted by molar-refractivity contribution is -0.364. The van der Waals surface area contributed by atoms with Gasteiger partial charge in [0.15, 0.2) is 48.0 Å².